The first kappa shape index (κ1) is 14.4. The van der Waals surface area contributed by atoms with Gasteiger partial charge in [-0.15, -0.1) is 0 Å². The highest BCUT2D eigenvalue weighted by Crippen LogP contribution is 2.35. The maximum Gasteiger partial charge on any atom is 0.225 e. The van der Waals surface area contributed by atoms with Gasteiger partial charge >= 0.3 is 0 Å². The molecular formula is C17H22N6. The van der Waals surface area contributed by atoms with E-state index in [0.717, 1.165) is 48.7 Å². The van der Waals surface area contributed by atoms with Crippen LogP contribution in [-0.4, -0.2) is 45.6 Å². The van der Waals surface area contributed by atoms with Crippen LogP contribution < -0.4 is 9.80 Å². The molecule has 6 heteroatoms. The van der Waals surface area contributed by atoms with E-state index in [-0.39, 0.29) is 0 Å². The van der Waals surface area contributed by atoms with Crippen LogP contribution >= 0.6 is 0 Å². The third kappa shape index (κ3) is 2.73. The van der Waals surface area contributed by atoms with Gasteiger partial charge in [-0.25, -0.2) is 19.9 Å². The standard InChI is InChI=1S/C17H22N6/c1-12-3-6-18-17(21-12)22-7-4-14-5-8-23(15(14)10-22)16-9-13(2)19-11-20-16/h3,6,9,11,14-15H,4-5,7-8,10H2,1-2H3. The SMILES string of the molecule is Cc1cc(N2CCC3CCN(c4nccc(C)n4)CC32)ncn1. The van der Waals surface area contributed by atoms with E-state index in [0.29, 0.717) is 6.04 Å². The number of fused-ring (bicyclic) bond motifs is 1. The molecule has 0 radical (unpaired) electrons. The molecule has 0 aromatic carbocycles. The second-order valence-corrected chi connectivity index (χ2v) is 6.56. The van der Waals surface area contributed by atoms with Crippen LogP contribution in [0.4, 0.5) is 11.8 Å². The van der Waals surface area contributed by atoms with Crippen LogP contribution in [0.5, 0.6) is 0 Å². The summed E-state index contributed by atoms with van der Waals surface area (Å²) in [7, 11) is 0. The zero-order chi connectivity index (χ0) is 15.8. The monoisotopic (exact) mass is 310 g/mol. The Bertz CT molecular complexity index is 703. The predicted molar refractivity (Wildman–Crippen MR) is 89.6 cm³/mol. The van der Waals surface area contributed by atoms with Crippen LogP contribution in [0.3, 0.4) is 0 Å². The van der Waals surface area contributed by atoms with Gasteiger partial charge in [-0.2, -0.15) is 0 Å². The molecule has 0 N–H and O–H groups in total. The minimum Gasteiger partial charge on any atom is -0.351 e. The Hall–Kier alpha value is -2.24. The Morgan fingerprint density at radius 1 is 1.04 bits per heavy atom. The maximum atomic E-state index is 4.59. The summed E-state index contributed by atoms with van der Waals surface area (Å²) < 4.78 is 0. The third-order valence-electron chi connectivity index (χ3n) is 5.01. The molecular weight excluding hydrogens is 288 g/mol. The quantitative estimate of drug-likeness (QED) is 0.845. The molecule has 2 aliphatic heterocycles. The Kier molecular flexibility index (Phi) is 3.59. The molecule has 0 spiro atoms. The third-order valence-corrected chi connectivity index (χ3v) is 5.01. The van der Waals surface area contributed by atoms with Gasteiger partial charge in [0.25, 0.3) is 0 Å². The van der Waals surface area contributed by atoms with Gasteiger partial charge in [0.15, 0.2) is 0 Å². The van der Waals surface area contributed by atoms with Crippen molar-refractivity contribution in [2.45, 2.75) is 32.7 Å². The molecule has 6 nitrogen and oxygen atoms in total. The number of rotatable bonds is 2. The summed E-state index contributed by atoms with van der Waals surface area (Å²) in [4.78, 5) is 22.5. The van der Waals surface area contributed by atoms with Crippen LogP contribution in [0.25, 0.3) is 0 Å². The summed E-state index contributed by atoms with van der Waals surface area (Å²) in [6.45, 7) is 7.13. The average molecular weight is 310 g/mol. The van der Waals surface area contributed by atoms with E-state index in [1.807, 2.05) is 26.1 Å². The van der Waals surface area contributed by atoms with Crippen molar-refractivity contribution in [3.63, 3.8) is 0 Å². The molecule has 120 valence electrons. The van der Waals surface area contributed by atoms with Crippen LogP contribution in [0, 0.1) is 19.8 Å². The van der Waals surface area contributed by atoms with Gasteiger partial charge in [0.05, 0.1) is 6.04 Å². The number of anilines is 2. The molecule has 2 fully saturated rings. The molecule has 4 heterocycles. The lowest BCUT2D eigenvalue weighted by atomic mass is 9.92. The average Bonchev–Trinajstić information content (AvgIpc) is 2.98. The van der Waals surface area contributed by atoms with Gasteiger partial charge in [0.2, 0.25) is 5.95 Å². The summed E-state index contributed by atoms with van der Waals surface area (Å²) in [6, 6.07) is 4.52. The Morgan fingerprint density at radius 3 is 2.74 bits per heavy atom. The normalized spacial score (nSPS) is 23.9. The first-order valence-corrected chi connectivity index (χ1v) is 8.30. The molecule has 2 unspecified atom stereocenters. The lowest BCUT2D eigenvalue weighted by Crippen LogP contribution is -2.49. The van der Waals surface area contributed by atoms with Crippen molar-refractivity contribution in [2.75, 3.05) is 29.4 Å². The molecule has 0 saturated carbocycles. The largest absolute Gasteiger partial charge is 0.351 e. The lowest BCUT2D eigenvalue weighted by molar-refractivity contribution is 0.386. The number of nitrogens with zero attached hydrogens (tertiary/aromatic N) is 6. The number of aryl methyl sites for hydroxylation is 2. The topological polar surface area (TPSA) is 58.0 Å². The van der Waals surface area contributed by atoms with Crippen LogP contribution in [0.15, 0.2) is 24.7 Å². The molecule has 2 saturated heterocycles. The van der Waals surface area contributed by atoms with Crippen molar-refractivity contribution in [2.24, 2.45) is 5.92 Å². The minimum atomic E-state index is 0.488. The Morgan fingerprint density at radius 2 is 1.91 bits per heavy atom. The molecule has 0 bridgehead atoms. The first-order chi connectivity index (χ1) is 11.2. The van der Waals surface area contributed by atoms with E-state index in [1.165, 1.54) is 12.8 Å². The highest BCUT2D eigenvalue weighted by Gasteiger charge is 2.39. The van der Waals surface area contributed by atoms with Gasteiger partial charge in [0, 0.05) is 43.3 Å². The van der Waals surface area contributed by atoms with E-state index in [4.69, 9.17) is 0 Å². The fraction of sp³-hybridized carbons (Fsp3) is 0.529. The fourth-order valence-electron chi connectivity index (χ4n) is 3.79. The predicted octanol–water partition coefficient (Wildman–Crippen LogP) is 1.99. The summed E-state index contributed by atoms with van der Waals surface area (Å²) in [5, 5.41) is 0. The minimum absolute atomic E-state index is 0.488. The van der Waals surface area contributed by atoms with Gasteiger partial charge in [-0.05, 0) is 38.7 Å². The van der Waals surface area contributed by atoms with Gasteiger partial charge in [0.1, 0.15) is 12.1 Å². The first-order valence-electron chi connectivity index (χ1n) is 8.30. The summed E-state index contributed by atoms with van der Waals surface area (Å²) >= 11 is 0. The second kappa shape index (κ2) is 5.76. The van der Waals surface area contributed by atoms with Crippen LogP contribution in [0.2, 0.25) is 0 Å². The summed E-state index contributed by atoms with van der Waals surface area (Å²) in [5.41, 5.74) is 2.04. The Labute approximate surface area is 136 Å². The summed E-state index contributed by atoms with van der Waals surface area (Å²) in [5.74, 6) is 2.65. The van der Waals surface area contributed by atoms with Gasteiger partial charge in [-0.3, -0.25) is 0 Å². The van der Waals surface area contributed by atoms with Crippen LogP contribution in [-0.2, 0) is 0 Å². The van der Waals surface area contributed by atoms with Gasteiger partial charge < -0.3 is 9.80 Å². The molecule has 2 aromatic rings. The number of hydrogen-bond donors (Lipinski definition) is 0. The Balaban J connectivity index is 1.57. The molecule has 0 aliphatic carbocycles. The van der Waals surface area contributed by atoms with Crippen LogP contribution in [0.1, 0.15) is 24.2 Å². The van der Waals surface area contributed by atoms with E-state index in [1.54, 1.807) is 6.33 Å². The zero-order valence-electron chi connectivity index (χ0n) is 13.7. The van der Waals surface area contributed by atoms with E-state index in [9.17, 15) is 0 Å². The van der Waals surface area contributed by atoms with E-state index < -0.39 is 0 Å². The highest BCUT2D eigenvalue weighted by molar-refractivity contribution is 5.44. The fourth-order valence-corrected chi connectivity index (χ4v) is 3.79. The number of hydrogen-bond acceptors (Lipinski definition) is 6. The lowest BCUT2D eigenvalue weighted by Gasteiger charge is -2.38. The number of aromatic nitrogens is 4. The molecule has 2 aromatic heterocycles. The molecule has 4 rings (SSSR count). The van der Waals surface area contributed by atoms with Gasteiger partial charge in [-0.1, -0.05) is 0 Å². The van der Waals surface area contributed by atoms with Crippen molar-refractivity contribution in [3.05, 3.63) is 36.0 Å². The molecule has 2 aliphatic rings. The van der Waals surface area contributed by atoms with Crippen molar-refractivity contribution in [1.82, 2.24) is 19.9 Å². The van der Waals surface area contributed by atoms with Crippen molar-refractivity contribution in [3.8, 4) is 0 Å². The molecule has 0 amide bonds. The smallest absolute Gasteiger partial charge is 0.225 e. The number of piperidine rings is 1. The second-order valence-electron chi connectivity index (χ2n) is 6.56. The van der Waals surface area contributed by atoms with Crippen molar-refractivity contribution < 1.29 is 0 Å². The molecule has 23 heavy (non-hydrogen) atoms. The highest BCUT2D eigenvalue weighted by atomic mass is 15.3. The maximum absolute atomic E-state index is 4.59. The molecule has 2 atom stereocenters. The van der Waals surface area contributed by atoms with E-state index in [2.05, 4.69) is 35.8 Å². The van der Waals surface area contributed by atoms with Crippen molar-refractivity contribution >= 4 is 11.8 Å². The van der Waals surface area contributed by atoms with Crippen molar-refractivity contribution in [1.29, 1.82) is 0 Å². The summed E-state index contributed by atoms with van der Waals surface area (Å²) in [6.07, 6.45) is 5.96. The van der Waals surface area contributed by atoms with E-state index >= 15 is 0 Å². The zero-order valence-corrected chi connectivity index (χ0v) is 13.7.